The Morgan fingerprint density at radius 2 is 2.20 bits per heavy atom. The van der Waals surface area contributed by atoms with Crippen molar-refractivity contribution in [3.05, 3.63) is 28.8 Å². The number of amides is 1. The van der Waals surface area contributed by atoms with Gasteiger partial charge in [-0.1, -0.05) is 36.7 Å². The zero-order valence-corrected chi connectivity index (χ0v) is 16.2. The second-order valence-electron chi connectivity index (χ2n) is 6.16. The van der Waals surface area contributed by atoms with Crippen molar-refractivity contribution in [1.29, 1.82) is 0 Å². The summed E-state index contributed by atoms with van der Waals surface area (Å²) in [4.78, 5) is 16.6. The van der Waals surface area contributed by atoms with Crippen LogP contribution in [0.3, 0.4) is 0 Å². The van der Waals surface area contributed by atoms with Gasteiger partial charge < -0.3 is 10.6 Å². The van der Waals surface area contributed by atoms with E-state index in [2.05, 4.69) is 22.5 Å². The van der Waals surface area contributed by atoms with E-state index in [1.54, 1.807) is 18.2 Å². The fourth-order valence-electron chi connectivity index (χ4n) is 2.77. The molecule has 0 radical (unpaired) electrons. The summed E-state index contributed by atoms with van der Waals surface area (Å²) in [5.41, 5.74) is 1.12. The van der Waals surface area contributed by atoms with E-state index in [0.29, 0.717) is 28.0 Å². The van der Waals surface area contributed by atoms with Crippen LogP contribution in [0, 0.1) is 0 Å². The summed E-state index contributed by atoms with van der Waals surface area (Å²) in [7, 11) is -2.97. The summed E-state index contributed by atoms with van der Waals surface area (Å²) < 4.78 is 23.2. The molecular weight excluding hydrogens is 382 g/mol. The Kier molecular flexibility index (Phi) is 5.60. The maximum atomic E-state index is 12.2. The van der Waals surface area contributed by atoms with Crippen molar-refractivity contribution in [2.75, 3.05) is 23.4 Å². The van der Waals surface area contributed by atoms with Crippen LogP contribution in [0.1, 0.15) is 30.1 Å². The molecule has 1 saturated heterocycles. The van der Waals surface area contributed by atoms with Crippen LogP contribution in [0.15, 0.2) is 23.2 Å². The molecule has 0 aromatic heterocycles. The molecule has 0 saturated carbocycles. The highest BCUT2D eigenvalue weighted by Gasteiger charge is 2.42. The standard InChI is InChI=1S/C16H20ClN3O3S2/c1-2-3-6-18-15(21)10-4-5-11(17)12(7-10)19-16-20-13-8-25(22,23)9-14(13)24-16/h4-5,7,13-14H,2-3,6,8-9H2,1H3,(H,18,21)(H,19,20). The largest absolute Gasteiger partial charge is 0.352 e. The van der Waals surface area contributed by atoms with Gasteiger partial charge in [0.05, 0.1) is 28.3 Å². The predicted octanol–water partition coefficient (Wildman–Crippen LogP) is 2.55. The van der Waals surface area contributed by atoms with E-state index in [4.69, 9.17) is 11.6 Å². The first-order valence-electron chi connectivity index (χ1n) is 8.17. The SMILES string of the molecule is CCCCNC(=O)c1ccc(Cl)c(NC2=NC3CS(=O)(=O)CC3S2)c1. The van der Waals surface area contributed by atoms with Crippen molar-refractivity contribution in [2.45, 2.75) is 31.1 Å². The highest BCUT2D eigenvalue weighted by molar-refractivity contribution is 8.15. The van der Waals surface area contributed by atoms with Crippen LogP contribution in [0.25, 0.3) is 0 Å². The Morgan fingerprint density at radius 3 is 2.92 bits per heavy atom. The molecule has 1 aromatic rings. The number of unbranched alkanes of at least 4 members (excludes halogenated alkanes) is 1. The number of aliphatic imine (C=N–C) groups is 1. The molecule has 2 N–H and O–H groups in total. The Labute approximate surface area is 156 Å². The normalized spacial score (nSPS) is 23.8. The van der Waals surface area contributed by atoms with Gasteiger partial charge in [-0.05, 0) is 24.6 Å². The third kappa shape index (κ3) is 4.48. The first-order chi connectivity index (χ1) is 11.9. The number of carbonyl (C=O) groups is 1. The number of hydrogen-bond acceptors (Lipinski definition) is 6. The zero-order valence-electron chi connectivity index (χ0n) is 13.8. The maximum absolute atomic E-state index is 12.2. The maximum Gasteiger partial charge on any atom is 0.251 e. The van der Waals surface area contributed by atoms with Crippen molar-refractivity contribution in [3.8, 4) is 0 Å². The summed E-state index contributed by atoms with van der Waals surface area (Å²) >= 11 is 7.64. The number of hydrogen-bond donors (Lipinski definition) is 2. The molecule has 6 nitrogen and oxygen atoms in total. The topological polar surface area (TPSA) is 87.6 Å². The molecule has 2 aliphatic rings. The van der Waals surface area contributed by atoms with Crippen molar-refractivity contribution in [3.63, 3.8) is 0 Å². The van der Waals surface area contributed by atoms with Crippen LogP contribution in [-0.4, -0.2) is 48.8 Å². The van der Waals surface area contributed by atoms with E-state index < -0.39 is 9.84 Å². The molecule has 9 heteroatoms. The minimum absolute atomic E-state index is 0.0354. The Hall–Kier alpha value is -1.25. The number of nitrogens with one attached hydrogen (secondary N) is 2. The van der Waals surface area contributed by atoms with Gasteiger partial charge in [0.25, 0.3) is 5.91 Å². The van der Waals surface area contributed by atoms with E-state index in [9.17, 15) is 13.2 Å². The third-order valence-corrected chi connectivity index (χ3v) is 7.58. The zero-order chi connectivity index (χ0) is 18.0. The Bertz CT molecular complexity index is 811. The molecule has 1 aromatic carbocycles. The van der Waals surface area contributed by atoms with Gasteiger partial charge >= 0.3 is 0 Å². The van der Waals surface area contributed by atoms with Crippen molar-refractivity contribution >= 4 is 50.0 Å². The summed E-state index contributed by atoms with van der Waals surface area (Å²) in [5.74, 6) is 0.116. The van der Waals surface area contributed by atoms with Gasteiger partial charge in [-0.25, -0.2) is 8.42 Å². The van der Waals surface area contributed by atoms with Crippen LogP contribution >= 0.6 is 23.4 Å². The molecule has 2 aliphatic heterocycles. The first-order valence-corrected chi connectivity index (χ1v) is 11.3. The Morgan fingerprint density at radius 1 is 1.40 bits per heavy atom. The molecule has 1 fully saturated rings. The third-order valence-electron chi connectivity index (χ3n) is 4.10. The van der Waals surface area contributed by atoms with Crippen LogP contribution < -0.4 is 10.6 Å². The summed E-state index contributed by atoms with van der Waals surface area (Å²) in [5, 5.41) is 7.10. The van der Waals surface area contributed by atoms with Crippen molar-refractivity contribution < 1.29 is 13.2 Å². The number of carbonyl (C=O) groups excluding carboxylic acids is 1. The minimum atomic E-state index is -2.97. The van der Waals surface area contributed by atoms with Crippen molar-refractivity contribution in [2.24, 2.45) is 4.99 Å². The van der Waals surface area contributed by atoms with Crippen molar-refractivity contribution in [1.82, 2.24) is 5.32 Å². The molecular formula is C16H20ClN3O3S2. The van der Waals surface area contributed by atoms with Gasteiger partial charge in [0.15, 0.2) is 15.0 Å². The summed E-state index contributed by atoms with van der Waals surface area (Å²) in [6.45, 7) is 2.71. The van der Waals surface area contributed by atoms with E-state index in [0.717, 1.165) is 12.8 Å². The molecule has 136 valence electrons. The fourth-order valence-corrected chi connectivity index (χ4v) is 6.61. The molecule has 25 heavy (non-hydrogen) atoms. The average molecular weight is 402 g/mol. The summed E-state index contributed by atoms with van der Waals surface area (Å²) in [6.07, 6.45) is 1.95. The summed E-state index contributed by atoms with van der Waals surface area (Å²) in [6, 6.07) is 4.85. The number of sulfone groups is 1. The van der Waals surface area contributed by atoms with Crippen LogP contribution in [0.5, 0.6) is 0 Å². The van der Waals surface area contributed by atoms with Gasteiger partial charge in [0.1, 0.15) is 0 Å². The molecule has 0 aliphatic carbocycles. The number of anilines is 1. The van der Waals surface area contributed by atoms with Gasteiger partial charge in [0.2, 0.25) is 0 Å². The van der Waals surface area contributed by atoms with Gasteiger partial charge in [-0.15, -0.1) is 0 Å². The number of amidine groups is 1. The lowest BCUT2D eigenvalue weighted by molar-refractivity contribution is 0.0953. The fraction of sp³-hybridized carbons (Fsp3) is 0.500. The molecule has 0 spiro atoms. The predicted molar refractivity (Wildman–Crippen MR) is 104 cm³/mol. The monoisotopic (exact) mass is 401 g/mol. The molecule has 3 rings (SSSR count). The molecule has 0 bridgehead atoms. The lowest BCUT2D eigenvalue weighted by atomic mass is 10.2. The highest BCUT2D eigenvalue weighted by atomic mass is 35.5. The van der Waals surface area contributed by atoms with Gasteiger partial charge in [-0.2, -0.15) is 0 Å². The Balaban J connectivity index is 1.69. The van der Waals surface area contributed by atoms with Crippen LogP contribution in [0.2, 0.25) is 5.02 Å². The lowest BCUT2D eigenvalue weighted by Crippen LogP contribution is -2.24. The van der Waals surface area contributed by atoms with E-state index in [1.165, 1.54) is 11.8 Å². The number of fused-ring (bicyclic) bond motifs is 1. The number of nitrogens with zero attached hydrogens (tertiary/aromatic N) is 1. The minimum Gasteiger partial charge on any atom is -0.352 e. The molecule has 1 amide bonds. The second kappa shape index (κ2) is 7.55. The number of benzene rings is 1. The van der Waals surface area contributed by atoms with E-state index >= 15 is 0 Å². The first kappa shape index (κ1) is 18.5. The molecule has 2 unspecified atom stereocenters. The number of thioether (sulfide) groups is 1. The van der Waals surface area contributed by atoms with Crippen LogP contribution in [0.4, 0.5) is 5.69 Å². The van der Waals surface area contributed by atoms with E-state index in [-0.39, 0.29) is 28.7 Å². The van der Waals surface area contributed by atoms with Gasteiger partial charge in [-0.3, -0.25) is 9.79 Å². The molecule has 2 atom stereocenters. The second-order valence-corrected chi connectivity index (χ2v) is 9.95. The van der Waals surface area contributed by atoms with Gasteiger partial charge in [0, 0.05) is 17.4 Å². The number of rotatable bonds is 5. The quantitative estimate of drug-likeness (QED) is 0.740. The average Bonchev–Trinajstić information content (AvgIpc) is 3.02. The number of halogens is 1. The van der Waals surface area contributed by atoms with Crippen LogP contribution in [-0.2, 0) is 9.84 Å². The molecule has 2 heterocycles. The highest BCUT2D eigenvalue weighted by Crippen LogP contribution is 2.35. The lowest BCUT2D eigenvalue weighted by Gasteiger charge is -2.11. The smallest absolute Gasteiger partial charge is 0.251 e. The van der Waals surface area contributed by atoms with E-state index in [1.807, 2.05) is 0 Å².